The summed E-state index contributed by atoms with van der Waals surface area (Å²) in [5.74, 6) is 0.311. The molecule has 0 radical (unpaired) electrons. The number of nitrogen functional groups attached to an aromatic ring is 1. The van der Waals surface area contributed by atoms with E-state index in [1.165, 1.54) is 0 Å². The lowest BCUT2D eigenvalue weighted by Gasteiger charge is -2.37. The summed E-state index contributed by atoms with van der Waals surface area (Å²) in [6, 6.07) is 4.07. The number of carbonyl (C=O) groups excluding carboxylic acids is 1. The lowest BCUT2D eigenvalue weighted by molar-refractivity contribution is 0.0580. The van der Waals surface area contributed by atoms with E-state index in [1.54, 1.807) is 18.3 Å². The molecule has 19 heavy (non-hydrogen) atoms. The second-order valence-electron chi connectivity index (χ2n) is 5.02. The molecule has 1 atom stereocenters. The molecule has 5 nitrogen and oxygen atoms in total. The van der Waals surface area contributed by atoms with Crippen LogP contribution in [0.25, 0.3) is 0 Å². The highest BCUT2D eigenvalue weighted by atomic mass is 16.2. The summed E-state index contributed by atoms with van der Waals surface area (Å²) in [5.41, 5.74) is 6.27. The summed E-state index contributed by atoms with van der Waals surface area (Å²) in [7, 11) is 0. The van der Waals surface area contributed by atoms with E-state index in [0.29, 0.717) is 17.4 Å². The zero-order valence-corrected chi connectivity index (χ0v) is 11.7. The Balaban J connectivity index is 1.98. The molecule has 1 fully saturated rings. The lowest BCUT2D eigenvalue weighted by Crippen LogP contribution is -2.51. The minimum atomic E-state index is -0.00518. The molecular formula is C14H22N4O. The van der Waals surface area contributed by atoms with Crippen molar-refractivity contribution in [2.24, 2.45) is 0 Å². The number of aromatic nitrogens is 1. The highest BCUT2D eigenvalue weighted by Gasteiger charge is 2.25. The van der Waals surface area contributed by atoms with Gasteiger partial charge in [-0.2, -0.15) is 0 Å². The zero-order valence-electron chi connectivity index (χ0n) is 11.7. The average Bonchev–Trinajstić information content (AvgIpc) is 2.46. The zero-order chi connectivity index (χ0) is 13.8. The van der Waals surface area contributed by atoms with Crippen LogP contribution < -0.4 is 5.73 Å². The number of hydrogen-bond acceptors (Lipinski definition) is 4. The molecule has 1 unspecified atom stereocenters. The Hall–Kier alpha value is -1.62. The number of anilines is 1. The van der Waals surface area contributed by atoms with Gasteiger partial charge < -0.3 is 10.6 Å². The molecule has 104 valence electrons. The molecule has 0 aliphatic carbocycles. The van der Waals surface area contributed by atoms with Crippen LogP contribution in [0.3, 0.4) is 0 Å². The van der Waals surface area contributed by atoms with Crippen LogP contribution in [-0.2, 0) is 0 Å². The molecule has 1 aliphatic rings. The number of carbonyl (C=O) groups is 1. The maximum absolute atomic E-state index is 12.4. The van der Waals surface area contributed by atoms with Gasteiger partial charge in [0.05, 0.1) is 5.56 Å². The standard InChI is InChI=1S/C14H22N4O/c1-3-11(2)17-7-9-18(10-8-17)14(19)12-5-4-6-16-13(12)15/h4-6,11H,3,7-10H2,1-2H3,(H2,15,16). The molecule has 1 saturated heterocycles. The number of nitrogens with zero attached hydrogens (tertiary/aromatic N) is 3. The van der Waals surface area contributed by atoms with Crippen molar-refractivity contribution < 1.29 is 4.79 Å². The van der Waals surface area contributed by atoms with Crippen LogP contribution in [0, 0.1) is 0 Å². The van der Waals surface area contributed by atoms with E-state index in [0.717, 1.165) is 32.6 Å². The van der Waals surface area contributed by atoms with E-state index in [2.05, 4.69) is 23.7 Å². The molecule has 1 aromatic heterocycles. The Labute approximate surface area is 114 Å². The number of amides is 1. The topological polar surface area (TPSA) is 62.5 Å². The van der Waals surface area contributed by atoms with Gasteiger partial charge in [0.2, 0.25) is 0 Å². The van der Waals surface area contributed by atoms with Crippen LogP contribution in [0.4, 0.5) is 5.82 Å². The Morgan fingerprint density at radius 2 is 2.11 bits per heavy atom. The molecule has 1 aliphatic heterocycles. The van der Waals surface area contributed by atoms with Crippen LogP contribution in [-0.4, -0.2) is 52.9 Å². The first-order chi connectivity index (χ1) is 9.13. The summed E-state index contributed by atoms with van der Waals surface area (Å²) < 4.78 is 0. The van der Waals surface area contributed by atoms with Gasteiger partial charge in [-0.3, -0.25) is 9.69 Å². The van der Waals surface area contributed by atoms with Gasteiger partial charge in [-0.25, -0.2) is 4.98 Å². The largest absolute Gasteiger partial charge is 0.383 e. The second kappa shape index (κ2) is 6.02. The summed E-state index contributed by atoms with van der Waals surface area (Å²) in [6.45, 7) is 7.81. The summed E-state index contributed by atoms with van der Waals surface area (Å²) in [5, 5.41) is 0. The number of rotatable bonds is 3. The van der Waals surface area contributed by atoms with Gasteiger partial charge in [-0.05, 0) is 25.5 Å². The van der Waals surface area contributed by atoms with E-state index in [4.69, 9.17) is 5.73 Å². The molecule has 2 heterocycles. The van der Waals surface area contributed by atoms with Gasteiger partial charge in [0.15, 0.2) is 0 Å². The third-order valence-corrected chi connectivity index (χ3v) is 3.88. The predicted molar refractivity (Wildman–Crippen MR) is 75.9 cm³/mol. The Kier molecular flexibility index (Phi) is 4.37. The quantitative estimate of drug-likeness (QED) is 0.889. The van der Waals surface area contributed by atoms with Gasteiger partial charge in [0.1, 0.15) is 5.82 Å². The summed E-state index contributed by atoms with van der Waals surface area (Å²) in [6.07, 6.45) is 2.75. The Morgan fingerprint density at radius 1 is 1.42 bits per heavy atom. The number of hydrogen-bond donors (Lipinski definition) is 1. The van der Waals surface area contributed by atoms with E-state index >= 15 is 0 Å². The van der Waals surface area contributed by atoms with Crippen molar-refractivity contribution in [2.75, 3.05) is 31.9 Å². The van der Waals surface area contributed by atoms with Crippen LogP contribution >= 0.6 is 0 Å². The third kappa shape index (κ3) is 3.04. The fraction of sp³-hybridized carbons (Fsp3) is 0.571. The number of nitrogens with two attached hydrogens (primary N) is 1. The molecule has 0 bridgehead atoms. The lowest BCUT2D eigenvalue weighted by atomic mass is 10.1. The molecule has 1 aromatic rings. The van der Waals surface area contributed by atoms with Crippen molar-refractivity contribution in [3.05, 3.63) is 23.9 Å². The fourth-order valence-corrected chi connectivity index (χ4v) is 2.39. The van der Waals surface area contributed by atoms with Gasteiger partial charge in [0.25, 0.3) is 5.91 Å². The Morgan fingerprint density at radius 3 is 2.68 bits per heavy atom. The molecule has 5 heteroatoms. The van der Waals surface area contributed by atoms with Crippen LogP contribution in [0.1, 0.15) is 30.6 Å². The van der Waals surface area contributed by atoms with Gasteiger partial charge in [-0.1, -0.05) is 6.92 Å². The highest BCUT2D eigenvalue weighted by Crippen LogP contribution is 2.14. The maximum Gasteiger partial charge on any atom is 0.257 e. The van der Waals surface area contributed by atoms with E-state index in [-0.39, 0.29) is 5.91 Å². The maximum atomic E-state index is 12.4. The molecule has 0 saturated carbocycles. The fourth-order valence-electron chi connectivity index (χ4n) is 2.39. The molecule has 2 N–H and O–H groups in total. The van der Waals surface area contributed by atoms with Crippen molar-refractivity contribution in [3.8, 4) is 0 Å². The molecule has 0 aromatic carbocycles. The SMILES string of the molecule is CCC(C)N1CCN(C(=O)c2cccnc2N)CC1. The minimum absolute atomic E-state index is 0.00518. The van der Waals surface area contributed by atoms with Gasteiger partial charge in [0, 0.05) is 38.4 Å². The number of pyridine rings is 1. The number of piperazine rings is 1. The van der Waals surface area contributed by atoms with Gasteiger partial charge >= 0.3 is 0 Å². The predicted octanol–water partition coefficient (Wildman–Crippen LogP) is 1.22. The van der Waals surface area contributed by atoms with Crippen molar-refractivity contribution in [1.29, 1.82) is 0 Å². The van der Waals surface area contributed by atoms with Crippen molar-refractivity contribution in [3.63, 3.8) is 0 Å². The van der Waals surface area contributed by atoms with E-state index < -0.39 is 0 Å². The molecular weight excluding hydrogens is 240 g/mol. The minimum Gasteiger partial charge on any atom is -0.383 e. The summed E-state index contributed by atoms with van der Waals surface area (Å²) in [4.78, 5) is 20.6. The smallest absolute Gasteiger partial charge is 0.257 e. The third-order valence-electron chi connectivity index (χ3n) is 3.88. The highest BCUT2D eigenvalue weighted by molar-refractivity contribution is 5.98. The average molecular weight is 262 g/mol. The van der Waals surface area contributed by atoms with Crippen molar-refractivity contribution in [1.82, 2.24) is 14.8 Å². The molecule has 0 spiro atoms. The van der Waals surface area contributed by atoms with Crippen molar-refractivity contribution >= 4 is 11.7 Å². The van der Waals surface area contributed by atoms with Crippen molar-refractivity contribution in [2.45, 2.75) is 26.3 Å². The van der Waals surface area contributed by atoms with Crippen LogP contribution in [0.5, 0.6) is 0 Å². The van der Waals surface area contributed by atoms with E-state index in [9.17, 15) is 4.79 Å². The van der Waals surface area contributed by atoms with Gasteiger partial charge in [-0.15, -0.1) is 0 Å². The second-order valence-corrected chi connectivity index (χ2v) is 5.02. The monoisotopic (exact) mass is 262 g/mol. The first-order valence-corrected chi connectivity index (χ1v) is 6.87. The molecule has 2 rings (SSSR count). The van der Waals surface area contributed by atoms with Crippen LogP contribution in [0.15, 0.2) is 18.3 Å². The Bertz CT molecular complexity index is 441. The van der Waals surface area contributed by atoms with E-state index in [1.807, 2.05) is 4.90 Å². The normalized spacial score (nSPS) is 18.3. The first kappa shape index (κ1) is 13.8. The first-order valence-electron chi connectivity index (χ1n) is 6.87. The summed E-state index contributed by atoms with van der Waals surface area (Å²) >= 11 is 0. The molecule has 1 amide bonds. The van der Waals surface area contributed by atoms with Crippen LogP contribution in [0.2, 0.25) is 0 Å².